The summed E-state index contributed by atoms with van der Waals surface area (Å²) in [5, 5.41) is 0. The molecule has 0 atom stereocenters. The van der Waals surface area contributed by atoms with Gasteiger partial charge in [0.15, 0.2) is 0 Å². The number of anilines is 1. The van der Waals surface area contributed by atoms with Gasteiger partial charge in [-0.2, -0.15) is 0 Å². The molecule has 0 bridgehead atoms. The minimum atomic E-state index is -0.219. The molecule has 0 aromatic carbocycles. The van der Waals surface area contributed by atoms with Crippen LogP contribution in [0.1, 0.15) is 24.5 Å². The molecule has 5 rings (SSSR count). The van der Waals surface area contributed by atoms with Crippen LogP contribution in [0.25, 0.3) is 32.3 Å². The molecule has 8 heteroatoms. The van der Waals surface area contributed by atoms with Crippen LogP contribution >= 0.6 is 0 Å². The molecule has 0 spiro atoms. The van der Waals surface area contributed by atoms with Crippen molar-refractivity contribution in [2.45, 2.75) is 18.8 Å². The van der Waals surface area contributed by atoms with Crippen molar-refractivity contribution in [3.05, 3.63) is 39.2 Å². The zero-order valence-corrected chi connectivity index (χ0v) is 16.7. The summed E-state index contributed by atoms with van der Waals surface area (Å²) >= 11 is 0.143. The summed E-state index contributed by atoms with van der Waals surface area (Å²) in [6.45, 7) is 2.18. The zero-order valence-electron chi connectivity index (χ0n) is 15.0. The van der Waals surface area contributed by atoms with Gasteiger partial charge in [0.05, 0.1) is 0 Å². The predicted octanol–water partition coefficient (Wildman–Crippen LogP) is 1.91. The van der Waals surface area contributed by atoms with Gasteiger partial charge in [-0.3, -0.25) is 0 Å². The van der Waals surface area contributed by atoms with E-state index in [2.05, 4.69) is 37.9 Å². The van der Waals surface area contributed by atoms with Crippen LogP contribution in [0.5, 0.6) is 0 Å². The molecule has 7 nitrogen and oxygen atoms in total. The number of pyridine rings is 2. The molecule has 1 saturated heterocycles. The average Bonchev–Trinajstić information content (AvgIpc) is 3.28. The number of rotatable bonds is 2. The molecule has 27 heavy (non-hydrogen) atoms. The number of H-pyrrole nitrogens is 2. The third-order valence-electron chi connectivity index (χ3n) is 5.40. The second-order valence-electron chi connectivity index (χ2n) is 7.18. The average molecular weight is 427 g/mol. The van der Waals surface area contributed by atoms with E-state index >= 15 is 0 Å². The first-order valence-electron chi connectivity index (χ1n) is 9.04. The first-order valence-corrected chi connectivity index (χ1v) is 10.9. The second kappa shape index (κ2) is 6.34. The predicted molar refractivity (Wildman–Crippen MR) is 108 cm³/mol. The molecule has 1 aliphatic heterocycles. The Morgan fingerprint density at radius 3 is 2.78 bits per heavy atom. The van der Waals surface area contributed by atoms with Crippen molar-refractivity contribution in [3.63, 3.8) is 0 Å². The van der Waals surface area contributed by atoms with Crippen molar-refractivity contribution in [2.24, 2.45) is 0 Å². The van der Waals surface area contributed by atoms with Gasteiger partial charge in [0.25, 0.3) is 0 Å². The number of aromatic amines is 2. The zero-order chi connectivity index (χ0) is 18.5. The van der Waals surface area contributed by atoms with E-state index in [0.717, 1.165) is 46.9 Å². The van der Waals surface area contributed by atoms with Crippen LogP contribution < -0.4 is 11.3 Å². The fourth-order valence-electron chi connectivity index (χ4n) is 3.83. The molecule has 0 amide bonds. The van der Waals surface area contributed by atoms with Crippen LogP contribution in [-0.2, 0) is 0 Å². The van der Waals surface area contributed by atoms with E-state index in [1.807, 2.05) is 12.1 Å². The number of fused-ring (bicyclic) bond motifs is 2. The van der Waals surface area contributed by atoms with Crippen LogP contribution in [-0.4, -0.2) is 59.5 Å². The summed E-state index contributed by atoms with van der Waals surface area (Å²) in [5.41, 5.74) is 10.4. The molecule has 4 N–H and O–H groups in total. The topological polar surface area (TPSA) is 104 Å². The van der Waals surface area contributed by atoms with Gasteiger partial charge < -0.3 is 0 Å². The standard InChI is InChI=1S/C19H20N6OSe/c1-25-7-4-10(5-8-25)11-2-3-13-17(21-11)24-18(22-13)14-15(20)16-12(6-9-27-16)23-19(14)26/h2-3,6,9-10H,4-5,7-8H2,1H3,(H3,20,23,26)(H,21,22,24). The maximum absolute atomic E-state index is 12.6. The van der Waals surface area contributed by atoms with Gasteiger partial charge in [-0.15, -0.1) is 0 Å². The van der Waals surface area contributed by atoms with E-state index < -0.39 is 0 Å². The van der Waals surface area contributed by atoms with Crippen molar-refractivity contribution in [1.29, 1.82) is 0 Å². The molecular weight excluding hydrogens is 407 g/mol. The molecule has 4 aromatic rings. The van der Waals surface area contributed by atoms with Gasteiger partial charge in [-0.1, -0.05) is 0 Å². The number of imidazole rings is 1. The molecule has 1 aliphatic rings. The maximum atomic E-state index is 12.6. The van der Waals surface area contributed by atoms with E-state index in [-0.39, 0.29) is 20.1 Å². The summed E-state index contributed by atoms with van der Waals surface area (Å²) in [6.07, 6.45) is 2.22. The quantitative estimate of drug-likeness (QED) is 0.424. The Balaban J connectivity index is 1.58. The van der Waals surface area contributed by atoms with E-state index in [1.54, 1.807) is 0 Å². The van der Waals surface area contributed by atoms with E-state index in [1.165, 1.54) is 0 Å². The fraction of sp³-hybridized carbons (Fsp3) is 0.316. The number of nitrogen functional groups attached to an aromatic ring is 1. The number of hydrogen-bond donors (Lipinski definition) is 3. The second-order valence-corrected chi connectivity index (χ2v) is 9.10. The number of aromatic nitrogens is 4. The summed E-state index contributed by atoms with van der Waals surface area (Å²) < 4.78 is 1.01. The van der Waals surface area contributed by atoms with Crippen LogP contribution in [0.3, 0.4) is 0 Å². The molecule has 0 saturated carbocycles. The van der Waals surface area contributed by atoms with Crippen LogP contribution in [0.2, 0.25) is 0 Å². The number of nitrogens with zero attached hydrogens (tertiary/aromatic N) is 3. The number of piperidine rings is 1. The first kappa shape index (κ1) is 16.7. The molecule has 0 unspecified atom stereocenters. The number of nitrogens with one attached hydrogen (secondary N) is 2. The van der Waals surface area contributed by atoms with Gasteiger partial charge in [-0.25, -0.2) is 0 Å². The fourth-order valence-corrected chi connectivity index (χ4v) is 5.54. The Morgan fingerprint density at radius 1 is 1.15 bits per heavy atom. The molecule has 0 radical (unpaired) electrons. The van der Waals surface area contributed by atoms with Crippen LogP contribution in [0, 0.1) is 0 Å². The minimum absolute atomic E-state index is 0.143. The Bertz CT molecular complexity index is 1200. The molecule has 1 fully saturated rings. The van der Waals surface area contributed by atoms with Gasteiger partial charge in [0, 0.05) is 0 Å². The van der Waals surface area contributed by atoms with Crippen molar-refractivity contribution in [1.82, 2.24) is 24.8 Å². The van der Waals surface area contributed by atoms with E-state index in [4.69, 9.17) is 10.7 Å². The molecular formula is C19H20N6OSe. The van der Waals surface area contributed by atoms with Gasteiger partial charge in [0.1, 0.15) is 0 Å². The summed E-state index contributed by atoms with van der Waals surface area (Å²) in [7, 11) is 2.15. The van der Waals surface area contributed by atoms with Gasteiger partial charge >= 0.3 is 154 Å². The van der Waals surface area contributed by atoms with Crippen LogP contribution in [0.4, 0.5) is 5.69 Å². The molecule has 0 aliphatic carbocycles. The summed E-state index contributed by atoms with van der Waals surface area (Å²) in [4.78, 5) is 32.5. The van der Waals surface area contributed by atoms with Gasteiger partial charge in [-0.05, 0) is 7.05 Å². The van der Waals surface area contributed by atoms with Crippen molar-refractivity contribution in [2.75, 3.05) is 25.9 Å². The van der Waals surface area contributed by atoms with Crippen molar-refractivity contribution in [3.8, 4) is 11.4 Å². The number of nitrogens with two attached hydrogens (primary N) is 1. The van der Waals surface area contributed by atoms with E-state index in [0.29, 0.717) is 28.6 Å². The van der Waals surface area contributed by atoms with Gasteiger partial charge in [0.2, 0.25) is 0 Å². The third-order valence-corrected chi connectivity index (χ3v) is 7.38. The van der Waals surface area contributed by atoms with Crippen molar-refractivity contribution >= 4 is 41.1 Å². The number of hydrogen-bond acceptors (Lipinski definition) is 5. The summed E-state index contributed by atoms with van der Waals surface area (Å²) in [5.74, 6) is 0.954. The van der Waals surface area contributed by atoms with Crippen molar-refractivity contribution < 1.29 is 0 Å². The summed E-state index contributed by atoms with van der Waals surface area (Å²) in [6, 6.07) is 6.00. The Labute approximate surface area is 161 Å². The molecule has 4 aromatic heterocycles. The Hall–Kier alpha value is -2.41. The normalized spacial score (nSPS) is 16.5. The monoisotopic (exact) mass is 428 g/mol. The molecule has 138 valence electrons. The SMILES string of the molecule is CN1CCC(c2ccc3[nH]c(-c4c(N)c5[se]ccc5[nH]c4=O)nc3n2)CC1. The first-order chi connectivity index (χ1) is 13.1. The number of likely N-dealkylation sites (tertiary alicyclic amines) is 1. The molecule has 5 heterocycles. The van der Waals surface area contributed by atoms with Crippen LogP contribution in [0.15, 0.2) is 27.9 Å². The Morgan fingerprint density at radius 2 is 1.96 bits per heavy atom. The van der Waals surface area contributed by atoms with E-state index in [9.17, 15) is 4.79 Å². The Kier molecular flexibility index (Phi) is 3.93. The third kappa shape index (κ3) is 2.81.